The van der Waals surface area contributed by atoms with Crippen molar-refractivity contribution in [1.82, 2.24) is 0 Å². The van der Waals surface area contributed by atoms with Crippen molar-refractivity contribution in [2.75, 3.05) is 0 Å². The molecule has 0 amide bonds. The van der Waals surface area contributed by atoms with Crippen LogP contribution in [-0.2, 0) is 0 Å². The van der Waals surface area contributed by atoms with Gasteiger partial charge in [-0.3, -0.25) is 4.79 Å². The number of rotatable bonds is 0. The lowest BCUT2D eigenvalue weighted by atomic mass is 10.2. The number of fused-ring (bicyclic) bond motifs is 1. The van der Waals surface area contributed by atoms with Crippen molar-refractivity contribution in [1.29, 1.82) is 5.26 Å². The molecule has 15 heavy (non-hydrogen) atoms. The number of hydrogen-bond acceptors (Lipinski definition) is 3. The Labute approximate surface area is 98.0 Å². The van der Waals surface area contributed by atoms with Gasteiger partial charge in [0.2, 0.25) is 5.43 Å². The van der Waals surface area contributed by atoms with Crippen LogP contribution in [0.25, 0.3) is 11.0 Å². The van der Waals surface area contributed by atoms with Gasteiger partial charge >= 0.3 is 0 Å². The van der Waals surface area contributed by atoms with Crippen LogP contribution in [0.15, 0.2) is 32.1 Å². The van der Waals surface area contributed by atoms with Gasteiger partial charge in [0.25, 0.3) is 0 Å². The molecule has 2 rings (SSSR count). The summed E-state index contributed by atoms with van der Waals surface area (Å²) in [4.78, 5) is 11.7. The molecule has 74 valence electrons. The zero-order valence-electron chi connectivity index (χ0n) is 7.25. The van der Waals surface area contributed by atoms with Gasteiger partial charge in [0.1, 0.15) is 17.9 Å². The van der Waals surface area contributed by atoms with Crippen LogP contribution in [0.5, 0.6) is 0 Å². The summed E-state index contributed by atoms with van der Waals surface area (Å²) in [6, 6.07) is 4.87. The number of hydrogen-bond donors (Lipinski definition) is 0. The van der Waals surface area contributed by atoms with Crippen LogP contribution in [-0.4, -0.2) is 0 Å². The average molecular weight is 284 g/mol. The molecule has 5 heteroatoms. The summed E-state index contributed by atoms with van der Waals surface area (Å²) >= 11 is 9.03. The first kappa shape index (κ1) is 10.2. The second kappa shape index (κ2) is 3.69. The highest BCUT2D eigenvalue weighted by Gasteiger charge is 2.10. The molecule has 0 atom stereocenters. The van der Waals surface area contributed by atoms with Crippen molar-refractivity contribution in [3.05, 3.63) is 43.7 Å². The van der Waals surface area contributed by atoms with E-state index in [-0.39, 0.29) is 11.0 Å². The zero-order valence-corrected chi connectivity index (χ0v) is 9.59. The van der Waals surface area contributed by atoms with Crippen LogP contribution in [0, 0.1) is 11.3 Å². The fourth-order valence-electron chi connectivity index (χ4n) is 1.24. The highest BCUT2D eigenvalue weighted by atomic mass is 79.9. The molecule has 1 aromatic carbocycles. The van der Waals surface area contributed by atoms with Gasteiger partial charge in [-0.05, 0) is 28.1 Å². The predicted molar refractivity (Wildman–Crippen MR) is 59.9 cm³/mol. The average Bonchev–Trinajstić information content (AvgIpc) is 2.19. The fraction of sp³-hybridized carbons (Fsp3) is 0. The van der Waals surface area contributed by atoms with Crippen LogP contribution in [0.3, 0.4) is 0 Å². The summed E-state index contributed by atoms with van der Waals surface area (Å²) in [5.41, 5.74) is -0.0120. The molecule has 1 heterocycles. The van der Waals surface area contributed by atoms with Gasteiger partial charge in [-0.15, -0.1) is 0 Å². The maximum atomic E-state index is 11.7. The van der Waals surface area contributed by atoms with Gasteiger partial charge in [-0.1, -0.05) is 11.6 Å². The highest BCUT2D eigenvalue weighted by Crippen LogP contribution is 2.26. The summed E-state index contributed by atoms with van der Waals surface area (Å²) in [5, 5.41) is 9.37. The van der Waals surface area contributed by atoms with E-state index in [0.717, 1.165) is 6.26 Å². The minimum atomic E-state index is -0.373. The molecule has 0 aliphatic carbocycles. The van der Waals surface area contributed by atoms with Crippen LogP contribution < -0.4 is 5.43 Å². The van der Waals surface area contributed by atoms with Crippen LogP contribution in [0.2, 0.25) is 5.02 Å². The molecule has 0 spiro atoms. The number of benzene rings is 1. The Morgan fingerprint density at radius 3 is 2.87 bits per heavy atom. The topological polar surface area (TPSA) is 54.0 Å². The fourth-order valence-corrected chi connectivity index (χ4v) is 2.15. The third-order valence-electron chi connectivity index (χ3n) is 1.91. The third kappa shape index (κ3) is 1.65. The Hall–Kier alpha value is -1.31. The van der Waals surface area contributed by atoms with Crippen molar-refractivity contribution in [3.8, 4) is 6.07 Å². The Morgan fingerprint density at radius 1 is 1.47 bits per heavy atom. The molecule has 0 saturated carbocycles. The minimum absolute atomic E-state index is 0.0309. The van der Waals surface area contributed by atoms with E-state index in [9.17, 15) is 4.79 Å². The summed E-state index contributed by atoms with van der Waals surface area (Å²) < 4.78 is 5.76. The highest BCUT2D eigenvalue weighted by molar-refractivity contribution is 9.10. The van der Waals surface area contributed by atoms with Crippen molar-refractivity contribution in [2.24, 2.45) is 0 Å². The quantitative estimate of drug-likeness (QED) is 0.747. The first-order valence-electron chi connectivity index (χ1n) is 3.94. The van der Waals surface area contributed by atoms with Gasteiger partial charge in [0.05, 0.1) is 9.86 Å². The van der Waals surface area contributed by atoms with E-state index in [1.807, 2.05) is 0 Å². The number of halogens is 2. The lowest BCUT2D eigenvalue weighted by Gasteiger charge is -2.00. The normalized spacial score (nSPS) is 10.2. The van der Waals surface area contributed by atoms with Gasteiger partial charge in [0.15, 0.2) is 5.58 Å². The molecule has 0 radical (unpaired) electrons. The lowest BCUT2D eigenvalue weighted by Crippen LogP contribution is -2.05. The summed E-state index contributed by atoms with van der Waals surface area (Å²) in [6.07, 6.45) is 1.14. The van der Waals surface area contributed by atoms with E-state index in [2.05, 4.69) is 15.9 Å². The van der Waals surface area contributed by atoms with Gasteiger partial charge in [-0.2, -0.15) is 5.26 Å². The molecule has 3 nitrogen and oxygen atoms in total. The summed E-state index contributed by atoms with van der Waals surface area (Å²) in [6.45, 7) is 0. The van der Waals surface area contributed by atoms with Crippen molar-refractivity contribution in [3.63, 3.8) is 0 Å². The molecular weight excluding hydrogens is 281 g/mol. The van der Waals surface area contributed by atoms with E-state index in [1.54, 1.807) is 12.1 Å². The zero-order chi connectivity index (χ0) is 11.0. The van der Waals surface area contributed by atoms with Crippen LogP contribution in [0.1, 0.15) is 5.56 Å². The molecule has 0 aliphatic heterocycles. The van der Waals surface area contributed by atoms with E-state index in [4.69, 9.17) is 21.3 Å². The molecule has 0 fully saturated rings. The van der Waals surface area contributed by atoms with E-state index >= 15 is 0 Å². The molecule has 0 aliphatic rings. The van der Waals surface area contributed by atoms with Crippen LogP contribution >= 0.6 is 27.5 Å². The molecule has 0 unspecified atom stereocenters. The van der Waals surface area contributed by atoms with Crippen molar-refractivity contribution < 1.29 is 4.42 Å². The molecule has 0 saturated heterocycles. The summed E-state index contributed by atoms with van der Waals surface area (Å²) in [5.74, 6) is 0. The monoisotopic (exact) mass is 283 g/mol. The maximum absolute atomic E-state index is 11.7. The lowest BCUT2D eigenvalue weighted by molar-refractivity contribution is 0.598. The first-order chi connectivity index (χ1) is 7.13. The molecular formula is C10H3BrClNO2. The number of nitriles is 1. The Kier molecular flexibility index (Phi) is 2.51. The molecule has 1 aromatic heterocycles. The smallest absolute Gasteiger partial charge is 0.210 e. The SMILES string of the molecule is N#Cc1coc2c(Br)cc(Cl)cc2c1=O. The molecule has 2 aromatic rings. The Balaban J connectivity index is 3.01. The van der Waals surface area contributed by atoms with Crippen molar-refractivity contribution in [2.45, 2.75) is 0 Å². The van der Waals surface area contributed by atoms with E-state index in [0.29, 0.717) is 20.5 Å². The first-order valence-corrected chi connectivity index (χ1v) is 5.11. The second-order valence-corrected chi connectivity index (χ2v) is 4.15. The Bertz CT molecular complexity index is 642. The van der Waals surface area contributed by atoms with E-state index in [1.165, 1.54) is 6.07 Å². The van der Waals surface area contributed by atoms with Crippen LogP contribution in [0.4, 0.5) is 0 Å². The standard InChI is InChI=1S/C10H3BrClNO2/c11-8-2-6(12)1-7-9(14)5(3-13)4-15-10(7)8/h1-2,4H. The van der Waals surface area contributed by atoms with Gasteiger partial charge in [-0.25, -0.2) is 0 Å². The Morgan fingerprint density at radius 2 is 2.20 bits per heavy atom. The molecule has 0 bridgehead atoms. The minimum Gasteiger partial charge on any atom is -0.461 e. The maximum Gasteiger partial charge on any atom is 0.210 e. The van der Waals surface area contributed by atoms with Gasteiger partial charge in [0, 0.05) is 5.02 Å². The third-order valence-corrected chi connectivity index (χ3v) is 2.72. The van der Waals surface area contributed by atoms with E-state index < -0.39 is 0 Å². The van der Waals surface area contributed by atoms with Crippen molar-refractivity contribution >= 4 is 38.5 Å². The van der Waals surface area contributed by atoms with Gasteiger partial charge < -0.3 is 4.42 Å². The predicted octanol–water partition coefficient (Wildman–Crippen LogP) is 3.08. The summed E-state index contributed by atoms with van der Waals surface area (Å²) in [7, 11) is 0. The number of nitrogens with zero attached hydrogens (tertiary/aromatic N) is 1. The second-order valence-electron chi connectivity index (χ2n) is 2.85. The largest absolute Gasteiger partial charge is 0.461 e. The molecule has 0 N–H and O–H groups in total.